The van der Waals surface area contributed by atoms with Crippen LogP contribution >= 0.6 is 0 Å². The first-order chi connectivity index (χ1) is 10.2. The standard InChI is InChI=1S/C17H15NO3/c1-13(21-16-8-3-2-4-9-16)17(19)20-12-15-7-5-6-14(10-15)11-18/h2-10,13H,12H2,1H3. The topological polar surface area (TPSA) is 59.3 Å². The summed E-state index contributed by atoms with van der Waals surface area (Å²) < 4.78 is 10.7. The highest BCUT2D eigenvalue weighted by molar-refractivity contribution is 5.74. The lowest BCUT2D eigenvalue weighted by atomic mass is 10.1. The predicted molar refractivity (Wildman–Crippen MR) is 77.5 cm³/mol. The van der Waals surface area contributed by atoms with Crippen molar-refractivity contribution in [3.63, 3.8) is 0 Å². The zero-order valence-electron chi connectivity index (χ0n) is 11.7. The monoisotopic (exact) mass is 281 g/mol. The van der Waals surface area contributed by atoms with Crippen LogP contribution in [-0.4, -0.2) is 12.1 Å². The Labute approximate surface area is 123 Å². The van der Waals surface area contributed by atoms with Crippen LogP contribution in [-0.2, 0) is 16.1 Å². The van der Waals surface area contributed by atoms with Crippen molar-refractivity contribution in [1.82, 2.24) is 0 Å². The fourth-order valence-electron chi connectivity index (χ4n) is 1.75. The lowest BCUT2D eigenvalue weighted by molar-refractivity contribution is -0.152. The fourth-order valence-corrected chi connectivity index (χ4v) is 1.75. The van der Waals surface area contributed by atoms with E-state index in [9.17, 15) is 4.79 Å². The third kappa shape index (κ3) is 4.36. The van der Waals surface area contributed by atoms with Gasteiger partial charge in [0.15, 0.2) is 6.10 Å². The van der Waals surface area contributed by atoms with Gasteiger partial charge >= 0.3 is 5.97 Å². The van der Waals surface area contributed by atoms with Gasteiger partial charge in [0.25, 0.3) is 0 Å². The number of ether oxygens (including phenoxy) is 2. The molecule has 0 heterocycles. The number of hydrogen-bond acceptors (Lipinski definition) is 4. The number of para-hydroxylation sites is 1. The van der Waals surface area contributed by atoms with Crippen molar-refractivity contribution in [2.45, 2.75) is 19.6 Å². The Balaban J connectivity index is 1.88. The molecule has 0 radical (unpaired) electrons. The van der Waals surface area contributed by atoms with Crippen molar-refractivity contribution < 1.29 is 14.3 Å². The van der Waals surface area contributed by atoms with E-state index in [-0.39, 0.29) is 6.61 Å². The van der Waals surface area contributed by atoms with Gasteiger partial charge in [-0.3, -0.25) is 0 Å². The van der Waals surface area contributed by atoms with Crippen LogP contribution in [0.3, 0.4) is 0 Å². The van der Waals surface area contributed by atoms with E-state index in [1.807, 2.05) is 24.3 Å². The highest BCUT2D eigenvalue weighted by Gasteiger charge is 2.16. The van der Waals surface area contributed by atoms with Crippen LogP contribution in [0.4, 0.5) is 0 Å². The molecule has 106 valence electrons. The van der Waals surface area contributed by atoms with Crippen molar-refractivity contribution in [2.24, 2.45) is 0 Å². The summed E-state index contributed by atoms with van der Waals surface area (Å²) in [6, 6.07) is 18.1. The molecule has 1 atom stereocenters. The smallest absolute Gasteiger partial charge is 0.347 e. The molecule has 0 saturated carbocycles. The molecule has 0 aliphatic rings. The van der Waals surface area contributed by atoms with Gasteiger partial charge in [0, 0.05) is 0 Å². The van der Waals surface area contributed by atoms with E-state index < -0.39 is 12.1 Å². The van der Waals surface area contributed by atoms with Gasteiger partial charge in [-0.05, 0) is 36.8 Å². The summed E-state index contributed by atoms with van der Waals surface area (Å²) in [5.41, 5.74) is 1.31. The Bertz CT molecular complexity index is 647. The normalized spacial score (nSPS) is 11.2. The Morgan fingerprint density at radius 1 is 1.19 bits per heavy atom. The summed E-state index contributed by atoms with van der Waals surface area (Å²) in [5, 5.41) is 8.81. The second-order valence-electron chi connectivity index (χ2n) is 4.49. The molecule has 2 aromatic carbocycles. The number of carbonyl (C=O) groups excluding carboxylic acids is 1. The fraction of sp³-hybridized carbons (Fsp3) is 0.176. The molecule has 0 amide bonds. The zero-order valence-corrected chi connectivity index (χ0v) is 11.7. The van der Waals surface area contributed by atoms with Crippen molar-refractivity contribution in [3.05, 3.63) is 65.7 Å². The lowest BCUT2D eigenvalue weighted by Crippen LogP contribution is -2.26. The molecule has 0 aliphatic heterocycles. The van der Waals surface area contributed by atoms with Crippen LogP contribution in [0.2, 0.25) is 0 Å². The maximum absolute atomic E-state index is 11.9. The summed E-state index contributed by atoms with van der Waals surface area (Å²) in [4.78, 5) is 11.9. The van der Waals surface area contributed by atoms with E-state index >= 15 is 0 Å². The Morgan fingerprint density at radius 2 is 1.95 bits per heavy atom. The van der Waals surface area contributed by atoms with Crippen LogP contribution in [0.15, 0.2) is 54.6 Å². The largest absolute Gasteiger partial charge is 0.479 e. The summed E-state index contributed by atoms with van der Waals surface area (Å²) in [6.45, 7) is 1.76. The molecule has 0 aromatic heterocycles. The molecule has 0 aliphatic carbocycles. The summed E-state index contributed by atoms with van der Waals surface area (Å²) in [7, 11) is 0. The van der Waals surface area contributed by atoms with E-state index in [2.05, 4.69) is 0 Å². The quantitative estimate of drug-likeness (QED) is 0.790. The van der Waals surface area contributed by atoms with Crippen LogP contribution in [0.5, 0.6) is 5.75 Å². The first-order valence-corrected chi connectivity index (χ1v) is 6.56. The van der Waals surface area contributed by atoms with Crippen LogP contribution in [0.25, 0.3) is 0 Å². The van der Waals surface area contributed by atoms with Gasteiger partial charge in [0.05, 0.1) is 11.6 Å². The van der Waals surface area contributed by atoms with Gasteiger partial charge in [0.2, 0.25) is 0 Å². The Hall–Kier alpha value is -2.80. The van der Waals surface area contributed by atoms with Gasteiger partial charge < -0.3 is 9.47 Å². The third-order valence-electron chi connectivity index (χ3n) is 2.83. The predicted octanol–water partition coefficient (Wildman–Crippen LogP) is 3.07. The minimum absolute atomic E-state index is 0.122. The van der Waals surface area contributed by atoms with Gasteiger partial charge in [-0.1, -0.05) is 30.3 Å². The third-order valence-corrected chi connectivity index (χ3v) is 2.83. The van der Waals surface area contributed by atoms with Crippen molar-refractivity contribution in [1.29, 1.82) is 5.26 Å². The molecule has 4 nitrogen and oxygen atoms in total. The van der Waals surface area contributed by atoms with Crippen molar-refractivity contribution in [3.8, 4) is 11.8 Å². The highest BCUT2D eigenvalue weighted by Crippen LogP contribution is 2.12. The Kier molecular flexibility index (Phi) is 4.94. The average Bonchev–Trinajstić information content (AvgIpc) is 2.53. The molecular weight excluding hydrogens is 266 g/mol. The van der Waals surface area contributed by atoms with Crippen LogP contribution in [0, 0.1) is 11.3 Å². The molecule has 4 heteroatoms. The molecule has 0 spiro atoms. The minimum Gasteiger partial charge on any atom is -0.479 e. The summed E-state index contributed by atoms with van der Waals surface area (Å²) >= 11 is 0. The number of carbonyl (C=O) groups is 1. The molecule has 0 saturated heterocycles. The van der Waals surface area contributed by atoms with Gasteiger partial charge in [-0.25, -0.2) is 4.79 Å². The van der Waals surface area contributed by atoms with E-state index in [0.29, 0.717) is 11.3 Å². The number of nitrogens with zero attached hydrogens (tertiary/aromatic N) is 1. The van der Waals surface area contributed by atoms with Crippen LogP contribution < -0.4 is 4.74 Å². The maximum atomic E-state index is 11.9. The van der Waals surface area contributed by atoms with Crippen LogP contribution in [0.1, 0.15) is 18.1 Å². The van der Waals surface area contributed by atoms with Gasteiger partial charge in [-0.2, -0.15) is 5.26 Å². The molecule has 1 unspecified atom stereocenters. The molecule has 2 aromatic rings. The first-order valence-electron chi connectivity index (χ1n) is 6.56. The molecular formula is C17H15NO3. The highest BCUT2D eigenvalue weighted by atomic mass is 16.6. The SMILES string of the molecule is CC(Oc1ccccc1)C(=O)OCc1cccc(C#N)c1. The first kappa shape index (κ1) is 14.6. The number of nitriles is 1. The van der Waals surface area contributed by atoms with E-state index in [4.69, 9.17) is 14.7 Å². The molecule has 0 bridgehead atoms. The van der Waals surface area contributed by atoms with E-state index in [1.165, 1.54) is 0 Å². The van der Waals surface area contributed by atoms with Crippen molar-refractivity contribution >= 4 is 5.97 Å². The van der Waals surface area contributed by atoms with Gasteiger partial charge in [0.1, 0.15) is 12.4 Å². The number of hydrogen-bond donors (Lipinski definition) is 0. The number of esters is 1. The van der Waals surface area contributed by atoms with Crippen molar-refractivity contribution in [2.75, 3.05) is 0 Å². The second kappa shape index (κ2) is 7.11. The van der Waals surface area contributed by atoms with Gasteiger partial charge in [-0.15, -0.1) is 0 Å². The number of rotatable bonds is 5. The lowest BCUT2D eigenvalue weighted by Gasteiger charge is -2.14. The minimum atomic E-state index is -0.688. The molecule has 0 fully saturated rings. The average molecular weight is 281 g/mol. The Morgan fingerprint density at radius 3 is 2.67 bits per heavy atom. The maximum Gasteiger partial charge on any atom is 0.347 e. The van der Waals surface area contributed by atoms with E-state index in [1.54, 1.807) is 43.3 Å². The molecule has 21 heavy (non-hydrogen) atoms. The number of benzene rings is 2. The summed E-state index contributed by atoms with van der Waals surface area (Å²) in [5.74, 6) is 0.176. The van der Waals surface area contributed by atoms with E-state index in [0.717, 1.165) is 5.56 Å². The second-order valence-corrected chi connectivity index (χ2v) is 4.49. The molecule has 2 rings (SSSR count). The molecule has 0 N–H and O–H groups in total. The zero-order chi connectivity index (χ0) is 15.1. The summed E-state index contributed by atoms with van der Waals surface area (Å²) in [6.07, 6.45) is -0.688.